The Hall–Kier alpha value is -1.21. The van der Waals surface area contributed by atoms with Crippen molar-refractivity contribution >= 4 is 5.97 Å². The van der Waals surface area contributed by atoms with Crippen molar-refractivity contribution < 1.29 is 29.6 Å². The number of allylic oxidation sites excluding steroid dienone is 1. The molecule has 0 radical (unpaired) electrons. The zero-order chi connectivity index (χ0) is 20.3. The van der Waals surface area contributed by atoms with E-state index in [4.69, 9.17) is 9.47 Å². The van der Waals surface area contributed by atoms with E-state index in [2.05, 4.69) is 6.58 Å². The number of carbonyl (C=O) groups is 1. The second-order valence-electron chi connectivity index (χ2n) is 8.47. The van der Waals surface area contributed by atoms with Gasteiger partial charge in [0, 0.05) is 5.57 Å². The summed E-state index contributed by atoms with van der Waals surface area (Å²) in [7, 11) is 0. The third-order valence-corrected chi connectivity index (χ3v) is 4.78. The van der Waals surface area contributed by atoms with Crippen LogP contribution in [0.5, 0.6) is 0 Å². The SMILES string of the molecule is C=CC(C)(O)CC/C=C(\C)C(=O)OC1C(C)OC(C(C)(C)C)C(O)C1O. The van der Waals surface area contributed by atoms with Crippen molar-refractivity contribution in [3.05, 3.63) is 24.3 Å². The van der Waals surface area contributed by atoms with Crippen molar-refractivity contribution in [3.63, 3.8) is 0 Å². The van der Waals surface area contributed by atoms with E-state index in [9.17, 15) is 20.1 Å². The maximum absolute atomic E-state index is 12.3. The summed E-state index contributed by atoms with van der Waals surface area (Å²) in [5, 5.41) is 30.7. The van der Waals surface area contributed by atoms with Gasteiger partial charge in [0.05, 0.1) is 17.8 Å². The first-order valence-corrected chi connectivity index (χ1v) is 9.05. The van der Waals surface area contributed by atoms with E-state index in [1.165, 1.54) is 6.08 Å². The number of hydrogen-bond donors (Lipinski definition) is 3. The fourth-order valence-electron chi connectivity index (χ4n) is 2.91. The largest absolute Gasteiger partial charge is 0.453 e. The fourth-order valence-corrected chi connectivity index (χ4v) is 2.91. The van der Waals surface area contributed by atoms with E-state index in [-0.39, 0.29) is 5.41 Å². The molecule has 0 saturated carbocycles. The summed E-state index contributed by atoms with van der Waals surface area (Å²) in [6.45, 7) is 14.3. The van der Waals surface area contributed by atoms with Crippen molar-refractivity contribution in [1.29, 1.82) is 0 Å². The summed E-state index contributed by atoms with van der Waals surface area (Å²) in [6.07, 6.45) is -0.370. The predicted molar refractivity (Wildman–Crippen MR) is 99.5 cm³/mol. The molecule has 0 aliphatic carbocycles. The number of aliphatic hydroxyl groups excluding tert-OH is 2. The van der Waals surface area contributed by atoms with Crippen LogP contribution in [0.15, 0.2) is 24.3 Å². The highest BCUT2D eigenvalue weighted by atomic mass is 16.6. The zero-order valence-corrected chi connectivity index (χ0v) is 16.7. The number of carbonyl (C=O) groups excluding carboxylic acids is 1. The smallest absolute Gasteiger partial charge is 0.333 e. The standard InChI is InChI=1S/C20H34O6/c1-8-20(7,24)11-9-10-12(2)18(23)26-16-13(3)25-17(19(4,5)6)15(22)14(16)21/h8,10,13-17,21-22,24H,1,9,11H2,2-7H3/b12-10+. The predicted octanol–water partition coefficient (Wildman–Crippen LogP) is 2.12. The van der Waals surface area contributed by atoms with Gasteiger partial charge < -0.3 is 24.8 Å². The molecule has 0 aromatic rings. The second kappa shape index (κ2) is 8.65. The summed E-state index contributed by atoms with van der Waals surface area (Å²) < 4.78 is 11.2. The molecule has 0 bridgehead atoms. The van der Waals surface area contributed by atoms with E-state index >= 15 is 0 Å². The first kappa shape index (κ1) is 22.8. The van der Waals surface area contributed by atoms with Gasteiger partial charge in [-0.25, -0.2) is 4.79 Å². The lowest BCUT2D eigenvalue weighted by Gasteiger charge is -2.45. The molecule has 6 heteroatoms. The fraction of sp³-hybridized carbons (Fsp3) is 0.750. The molecule has 1 fully saturated rings. The van der Waals surface area contributed by atoms with Gasteiger partial charge in [0.2, 0.25) is 0 Å². The van der Waals surface area contributed by atoms with Crippen LogP contribution in [0.3, 0.4) is 0 Å². The van der Waals surface area contributed by atoms with Crippen LogP contribution in [-0.2, 0) is 14.3 Å². The Morgan fingerprint density at radius 2 is 1.81 bits per heavy atom. The minimum absolute atomic E-state index is 0.360. The van der Waals surface area contributed by atoms with Crippen LogP contribution in [0.4, 0.5) is 0 Å². The topological polar surface area (TPSA) is 96.2 Å². The van der Waals surface area contributed by atoms with Crippen molar-refractivity contribution in [1.82, 2.24) is 0 Å². The van der Waals surface area contributed by atoms with Gasteiger partial charge in [-0.05, 0) is 39.0 Å². The Labute approximate surface area is 156 Å². The van der Waals surface area contributed by atoms with Gasteiger partial charge in [-0.1, -0.05) is 32.9 Å². The summed E-state index contributed by atoms with van der Waals surface area (Å²) in [5.41, 5.74) is -0.979. The molecule has 0 spiro atoms. The van der Waals surface area contributed by atoms with Gasteiger partial charge >= 0.3 is 5.97 Å². The van der Waals surface area contributed by atoms with Crippen LogP contribution in [0.2, 0.25) is 0 Å². The van der Waals surface area contributed by atoms with Gasteiger partial charge in [0.1, 0.15) is 12.2 Å². The molecule has 1 aliphatic heterocycles. The molecule has 6 atom stereocenters. The number of esters is 1. The molecule has 1 aliphatic rings. The number of aliphatic hydroxyl groups is 3. The summed E-state index contributed by atoms with van der Waals surface area (Å²) in [5.74, 6) is -0.579. The van der Waals surface area contributed by atoms with Gasteiger partial charge in [-0.2, -0.15) is 0 Å². The van der Waals surface area contributed by atoms with Crippen molar-refractivity contribution in [2.75, 3.05) is 0 Å². The first-order chi connectivity index (χ1) is 11.8. The van der Waals surface area contributed by atoms with Gasteiger partial charge in [0.25, 0.3) is 0 Å². The Balaban J connectivity index is 2.72. The molecule has 0 amide bonds. The maximum atomic E-state index is 12.3. The molecular weight excluding hydrogens is 336 g/mol. The second-order valence-corrected chi connectivity index (χ2v) is 8.47. The average Bonchev–Trinajstić information content (AvgIpc) is 2.53. The van der Waals surface area contributed by atoms with E-state index in [1.54, 1.807) is 26.8 Å². The molecule has 1 saturated heterocycles. The van der Waals surface area contributed by atoms with E-state index in [0.29, 0.717) is 18.4 Å². The third kappa shape index (κ3) is 5.91. The summed E-state index contributed by atoms with van der Waals surface area (Å²) in [4.78, 5) is 12.3. The normalized spacial score (nSPS) is 32.7. The van der Waals surface area contributed by atoms with Gasteiger partial charge in [0.15, 0.2) is 6.10 Å². The van der Waals surface area contributed by atoms with Gasteiger partial charge in [-0.3, -0.25) is 0 Å². The van der Waals surface area contributed by atoms with E-state index in [1.807, 2.05) is 20.8 Å². The Morgan fingerprint density at radius 1 is 1.23 bits per heavy atom. The molecule has 1 rings (SSSR count). The quantitative estimate of drug-likeness (QED) is 0.376. The molecule has 3 N–H and O–H groups in total. The van der Waals surface area contributed by atoms with Crippen molar-refractivity contribution in [2.45, 2.75) is 90.5 Å². The van der Waals surface area contributed by atoms with Gasteiger partial charge in [-0.15, -0.1) is 6.58 Å². The minimum atomic E-state index is -1.22. The highest BCUT2D eigenvalue weighted by Crippen LogP contribution is 2.34. The first-order valence-electron chi connectivity index (χ1n) is 9.05. The summed E-state index contributed by atoms with van der Waals surface area (Å²) in [6, 6.07) is 0. The maximum Gasteiger partial charge on any atom is 0.333 e. The third-order valence-electron chi connectivity index (χ3n) is 4.78. The molecule has 150 valence electrons. The Kier molecular flexibility index (Phi) is 7.60. The molecule has 0 aromatic carbocycles. The highest BCUT2D eigenvalue weighted by molar-refractivity contribution is 5.87. The molecular formula is C20H34O6. The molecule has 1 heterocycles. The average molecular weight is 370 g/mol. The number of rotatable bonds is 6. The summed E-state index contributed by atoms with van der Waals surface area (Å²) >= 11 is 0. The van der Waals surface area contributed by atoms with Crippen LogP contribution in [0.1, 0.15) is 54.4 Å². The number of ether oxygens (including phenoxy) is 2. The monoisotopic (exact) mass is 370 g/mol. The van der Waals surface area contributed by atoms with E-state index < -0.39 is 42.1 Å². The van der Waals surface area contributed by atoms with Crippen LogP contribution < -0.4 is 0 Å². The number of hydrogen-bond acceptors (Lipinski definition) is 6. The van der Waals surface area contributed by atoms with Crippen LogP contribution in [0, 0.1) is 5.41 Å². The van der Waals surface area contributed by atoms with Crippen molar-refractivity contribution in [3.8, 4) is 0 Å². The Morgan fingerprint density at radius 3 is 2.31 bits per heavy atom. The molecule has 6 nitrogen and oxygen atoms in total. The minimum Gasteiger partial charge on any atom is -0.453 e. The van der Waals surface area contributed by atoms with Crippen LogP contribution in [0.25, 0.3) is 0 Å². The highest BCUT2D eigenvalue weighted by Gasteiger charge is 2.48. The molecule has 0 aromatic heterocycles. The van der Waals surface area contributed by atoms with E-state index in [0.717, 1.165) is 0 Å². The molecule has 6 unspecified atom stereocenters. The lowest BCUT2D eigenvalue weighted by Crippen LogP contribution is -2.61. The van der Waals surface area contributed by atoms with Crippen molar-refractivity contribution in [2.24, 2.45) is 5.41 Å². The lowest BCUT2D eigenvalue weighted by atomic mass is 9.80. The molecule has 26 heavy (non-hydrogen) atoms. The Bertz CT molecular complexity index is 531. The van der Waals surface area contributed by atoms with Crippen LogP contribution >= 0.6 is 0 Å². The van der Waals surface area contributed by atoms with Crippen LogP contribution in [-0.4, -0.2) is 57.4 Å². The lowest BCUT2D eigenvalue weighted by molar-refractivity contribution is -0.246. The zero-order valence-electron chi connectivity index (χ0n) is 16.7.